The van der Waals surface area contributed by atoms with E-state index in [2.05, 4.69) is 4.98 Å². The predicted octanol–water partition coefficient (Wildman–Crippen LogP) is 4.13. The van der Waals surface area contributed by atoms with Crippen LogP contribution >= 0.6 is 0 Å². The molecule has 0 saturated carbocycles. The van der Waals surface area contributed by atoms with E-state index in [0.717, 1.165) is 30.4 Å². The van der Waals surface area contributed by atoms with Gasteiger partial charge in [0.15, 0.2) is 12.2 Å². The molecule has 6 heteroatoms. The van der Waals surface area contributed by atoms with Crippen molar-refractivity contribution in [3.63, 3.8) is 0 Å². The molecule has 1 saturated heterocycles. The molecular weight excluding hydrogens is 368 g/mol. The Labute approximate surface area is 168 Å². The quantitative estimate of drug-likeness (QED) is 0.708. The zero-order valence-electron chi connectivity index (χ0n) is 16.0. The van der Waals surface area contributed by atoms with Crippen LogP contribution in [0, 0.1) is 5.92 Å². The molecule has 0 unspecified atom stereocenters. The van der Waals surface area contributed by atoms with Crippen LogP contribution in [0.2, 0.25) is 0 Å². The van der Waals surface area contributed by atoms with Gasteiger partial charge < -0.3 is 14.4 Å². The van der Waals surface area contributed by atoms with Crippen LogP contribution < -0.4 is 0 Å². The SMILES string of the molecule is O=C(O)c1ccccc1CC1CCN(C(=O)c2ccc(-c3cnco3)cc2)CC1. The molecule has 6 nitrogen and oxygen atoms in total. The summed E-state index contributed by atoms with van der Waals surface area (Å²) in [6.07, 6.45) is 5.50. The number of aromatic carboxylic acids is 1. The molecule has 0 atom stereocenters. The number of piperidine rings is 1. The fourth-order valence-corrected chi connectivity index (χ4v) is 3.88. The molecule has 0 radical (unpaired) electrons. The lowest BCUT2D eigenvalue weighted by Crippen LogP contribution is -2.39. The number of likely N-dealkylation sites (tertiary alicyclic amines) is 1. The van der Waals surface area contributed by atoms with Crippen LogP contribution in [0.5, 0.6) is 0 Å². The molecule has 1 aliphatic heterocycles. The largest absolute Gasteiger partial charge is 0.478 e. The van der Waals surface area contributed by atoms with Crippen LogP contribution in [-0.4, -0.2) is 40.0 Å². The summed E-state index contributed by atoms with van der Waals surface area (Å²) >= 11 is 0. The molecule has 29 heavy (non-hydrogen) atoms. The van der Waals surface area contributed by atoms with Crippen molar-refractivity contribution in [1.29, 1.82) is 0 Å². The predicted molar refractivity (Wildman–Crippen MR) is 108 cm³/mol. The number of hydrogen-bond acceptors (Lipinski definition) is 4. The van der Waals surface area contributed by atoms with Crippen molar-refractivity contribution in [3.05, 3.63) is 77.8 Å². The molecule has 148 valence electrons. The van der Waals surface area contributed by atoms with Gasteiger partial charge in [0, 0.05) is 24.2 Å². The van der Waals surface area contributed by atoms with Gasteiger partial charge in [0.1, 0.15) is 0 Å². The van der Waals surface area contributed by atoms with E-state index in [9.17, 15) is 14.7 Å². The molecular formula is C23H22N2O4. The average molecular weight is 390 g/mol. The van der Waals surface area contributed by atoms with E-state index in [-0.39, 0.29) is 5.91 Å². The van der Waals surface area contributed by atoms with Gasteiger partial charge >= 0.3 is 5.97 Å². The molecule has 1 fully saturated rings. The number of aromatic nitrogens is 1. The summed E-state index contributed by atoms with van der Waals surface area (Å²) in [6.45, 7) is 1.37. The number of carboxylic acid groups (broad SMARTS) is 1. The molecule has 0 aliphatic carbocycles. The van der Waals surface area contributed by atoms with Crippen LogP contribution in [-0.2, 0) is 6.42 Å². The molecule has 2 heterocycles. The van der Waals surface area contributed by atoms with Crippen molar-refractivity contribution in [2.45, 2.75) is 19.3 Å². The Morgan fingerprint density at radius 1 is 1.07 bits per heavy atom. The van der Waals surface area contributed by atoms with Crippen molar-refractivity contribution < 1.29 is 19.1 Å². The number of carbonyl (C=O) groups excluding carboxylic acids is 1. The van der Waals surface area contributed by atoms with Crippen molar-refractivity contribution in [3.8, 4) is 11.3 Å². The van der Waals surface area contributed by atoms with Crippen LogP contribution in [0.1, 0.15) is 39.1 Å². The smallest absolute Gasteiger partial charge is 0.335 e. The summed E-state index contributed by atoms with van der Waals surface area (Å²) in [5, 5.41) is 9.35. The maximum Gasteiger partial charge on any atom is 0.335 e. The van der Waals surface area contributed by atoms with Crippen LogP contribution in [0.25, 0.3) is 11.3 Å². The van der Waals surface area contributed by atoms with Crippen molar-refractivity contribution >= 4 is 11.9 Å². The summed E-state index contributed by atoms with van der Waals surface area (Å²) in [5.74, 6) is 0.195. The van der Waals surface area contributed by atoms with Crippen molar-refractivity contribution in [2.75, 3.05) is 13.1 Å². The molecule has 1 N–H and O–H groups in total. The Kier molecular flexibility index (Phi) is 5.42. The number of nitrogens with zero attached hydrogens (tertiary/aromatic N) is 2. The Bertz CT molecular complexity index is 988. The first-order valence-electron chi connectivity index (χ1n) is 9.71. The summed E-state index contributed by atoms with van der Waals surface area (Å²) in [6, 6.07) is 14.5. The van der Waals surface area contributed by atoms with E-state index in [4.69, 9.17) is 4.42 Å². The third-order valence-corrected chi connectivity index (χ3v) is 5.51. The highest BCUT2D eigenvalue weighted by Crippen LogP contribution is 2.25. The third kappa shape index (κ3) is 4.21. The lowest BCUT2D eigenvalue weighted by atomic mass is 9.88. The summed E-state index contributed by atoms with van der Waals surface area (Å²) in [5.41, 5.74) is 2.78. The molecule has 0 spiro atoms. The Hall–Kier alpha value is -3.41. The fourth-order valence-electron chi connectivity index (χ4n) is 3.88. The number of amides is 1. The van der Waals surface area contributed by atoms with E-state index in [1.807, 2.05) is 41.3 Å². The summed E-state index contributed by atoms with van der Waals surface area (Å²) < 4.78 is 5.28. The fraction of sp³-hybridized carbons (Fsp3) is 0.261. The van der Waals surface area contributed by atoms with Gasteiger partial charge in [-0.05, 0) is 48.9 Å². The molecule has 3 aromatic rings. The van der Waals surface area contributed by atoms with Gasteiger partial charge in [-0.15, -0.1) is 0 Å². The zero-order valence-corrected chi connectivity index (χ0v) is 16.0. The summed E-state index contributed by atoms with van der Waals surface area (Å²) in [7, 11) is 0. The number of carboxylic acids is 1. The highest BCUT2D eigenvalue weighted by atomic mass is 16.4. The van der Waals surface area contributed by atoms with E-state index in [1.54, 1.807) is 18.3 Å². The number of benzene rings is 2. The summed E-state index contributed by atoms with van der Waals surface area (Å²) in [4.78, 5) is 30.0. The lowest BCUT2D eigenvalue weighted by Gasteiger charge is -2.32. The highest BCUT2D eigenvalue weighted by molar-refractivity contribution is 5.94. The van der Waals surface area contributed by atoms with Crippen LogP contribution in [0.15, 0.2) is 65.5 Å². The second kappa shape index (κ2) is 8.31. The highest BCUT2D eigenvalue weighted by Gasteiger charge is 2.25. The van der Waals surface area contributed by atoms with Crippen LogP contribution in [0.4, 0.5) is 0 Å². The normalized spacial score (nSPS) is 14.7. The average Bonchev–Trinajstić information content (AvgIpc) is 3.29. The Balaban J connectivity index is 1.36. The number of oxazole rings is 1. The minimum atomic E-state index is -0.887. The second-order valence-electron chi connectivity index (χ2n) is 7.35. The minimum absolute atomic E-state index is 0.0264. The van der Waals surface area contributed by atoms with Gasteiger partial charge in [0.2, 0.25) is 0 Å². The third-order valence-electron chi connectivity index (χ3n) is 5.51. The molecule has 0 bridgehead atoms. The van der Waals surface area contributed by atoms with Crippen molar-refractivity contribution in [1.82, 2.24) is 9.88 Å². The monoisotopic (exact) mass is 390 g/mol. The molecule has 4 rings (SSSR count). The van der Waals surface area contributed by atoms with E-state index in [1.165, 1.54) is 6.39 Å². The van der Waals surface area contributed by atoms with E-state index >= 15 is 0 Å². The first-order valence-corrected chi connectivity index (χ1v) is 9.71. The molecule has 1 aliphatic rings. The number of hydrogen-bond donors (Lipinski definition) is 1. The van der Waals surface area contributed by atoms with Crippen molar-refractivity contribution in [2.24, 2.45) is 5.92 Å². The number of carbonyl (C=O) groups is 2. The molecule has 1 amide bonds. The first kappa shape index (κ1) is 18.9. The standard InChI is InChI=1S/C23H22N2O4/c26-22(18-7-5-17(6-8-18)21-14-24-15-29-21)25-11-9-16(10-12-25)13-19-3-1-2-4-20(19)23(27)28/h1-8,14-16H,9-13H2,(H,27,28). The maximum atomic E-state index is 12.8. The van der Waals surface area contributed by atoms with E-state index in [0.29, 0.717) is 35.9 Å². The zero-order chi connectivity index (χ0) is 20.2. The van der Waals surface area contributed by atoms with Gasteiger partial charge in [-0.2, -0.15) is 0 Å². The molecule has 1 aromatic heterocycles. The number of rotatable bonds is 5. The minimum Gasteiger partial charge on any atom is -0.478 e. The lowest BCUT2D eigenvalue weighted by molar-refractivity contribution is 0.0690. The Morgan fingerprint density at radius 3 is 2.45 bits per heavy atom. The van der Waals surface area contributed by atoms with Crippen LogP contribution in [0.3, 0.4) is 0 Å². The van der Waals surface area contributed by atoms with Gasteiger partial charge in [-0.25, -0.2) is 9.78 Å². The maximum absolute atomic E-state index is 12.8. The second-order valence-corrected chi connectivity index (χ2v) is 7.35. The topological polar surface area (TPSA) is 83.6 Å². The van der Waals surface area contributed by atoms with E-state index < -0.39 is 5.97 Å². The van der Waals surface area contributed by atoms with Gasteiger partial charge in [-0.1, -0.05) is 30.3 Å². The van der Waals surface area contributed by atoms with Gasteiger partial charge in [0.05, 0.1) is 11.8 Å². The Morgan fingerprint density at radius 2 is 1.79 bits per heavy atom. The molecule has 2 aromatic carbocycles. The van der Waals surface area contributed by atoms with Gasteiger partial charge in [0.25, 0.3) is 5.91 Å². The van der Waals surface area contributed by atoms with Gasteiger partial charge in [-0.3, -0.25) is 4.79 Å². The first-order chi connectivity index (χ1) is 14.1.